The quantitative estimate of drug-likeness (QED) is 0.726. The Balaban J connectivity index is 2.07. The maximum atomic E-state index is 12.0. The molecule has 1 aromatic carbocycles. The lowest BCUT2D eigenvalue weighted by Gasteiger charge is -2.31. The molecule has 1 aliphatic heterocycles. The fourth-order valence-corrected chi connectivity index (χ4v) is 1.82. The van der Waals surface area contributed by atoms with E-state index >= 15 is 0 Å². The van der Waals surface area contributed by atoms with Crippen LogP contribution in [-0.4, -0.2) is 42.8 Å². The third-order valence-corrected chi connectivity index (χ3v) is 2.68. The number of nitrogens with one attached hydrogen (secondary N) is 1. The Labute approximate surface area is 94.2 Å². The van der Waals surface area contributed by atoms with Crippen molar-refractivity contribution in [1.82, 2.24) is 10.2 Å². The van der Waals surface area contributed by atoms with Gasteiger partial charge in [-0.25, -0.2) is 0 Å². The van der Waals surface area contributed by atoms with E-state index in [-0.39, 0.29) is 11.9 Å². The second-order valence-electron chi connectivity index (χ2n) is 3.81. The predicted octanol–water partition coefficient (Wildman–Crippen LogP) is 0.300. The third kappa shape index (κ3) is 2.28. The molecular formula is C12H14N2O2. The second kappa shape index (κ2) is 4.90. The van der Waals surface area contributed by atoms with Gasteiger partial charge in [0.2, 0.25) is 0 Å². The number of piperazine rings is 1. The van der Waals surface area contributed by atoms with Crippen molar-refractivity contribution in [3.8, 4) is 0 Å². The molecule has 0 bridgehead atoms. The highest BCUT2D eigenvalue weighted by Gasteiger charge is 2.23. The van der Waals surface area contributed by atoms with E-state index in [0.29, 0.717) is 25.2 Å². The zero-order valence-corrected chi connectivity index (χ0v) is 8.93. The van der Waals surface area contributed by atoms with Crippen molar-refractivity contribution in [2.24, 2.45) is 0 Å². The number of rotatable bonds is 2. The summed E-state index contributed by atoms with van der Waals surface area (Å²) in [7, 11) is 0. The first-order valence-corrected chi connectivity index (χ1v) is 5.34. The van der Waals surface area contributed by atoms with Crippen LogP contribution in [0.1, 0.15) is 10.4 Å². The van der Waals surface area contributed by atoms with Gasteiger partial charge in [-0.3, -0.25) is 4.79 Å². The summed E-state index contributed by atoms with van der Waals surface area (Å²) in [6.45, 7) is 1.78. The summed E-state index contributed by atoms with van der Waals surface area (Å²) < 4.78 is 0. The fourth-order valence-electron chi connectivity index (χ4n) is 1.82. The van der Waals surface area contributed by atoms with E-state index in [2.05, 4.69) is 5.32 Å². The van der Waals surface area contributed by atoms with Gasteiger partial charge in [-0.05, 0) is 12.1 Å². The van der Waals surface area contributed by atoms with Crippen molar-refractivity contribution in [1.29, 1.82) is 0 Å². The Hall–Kier alpha value is -1.68. The fraction of sp³-hybridized carbons (Fsp3) is 0.333. The monoisotopic (exact) mass is 218 g/mol. The Morgan fingerprint density at radius 3 is 2.81 bits per heavy atom. The van der Waals surface area contributed by atoms with Crippen molar-refractivity contribution in [3.05, 3.63) is 35.9 Å². The largest absolute Gasteiger partial charge is 0.335 e. The van der Waals surface area contributed by atoms with Crippen LogP contribution in [0.5, 0.6) is 0 Å². The molecule has 16 heavy (non-hydrogen) atoms. The van der Waals surface area contributed by atoms with Crippen LogP contribution in [0.3, 0.4) is 0 Å². The standard InChI is InChI=1S/C12H14N2O2/c15-9-11-8-14(7-6-13-11)12(16)10-4-2-1-3-5-10/h1-5,9,11,13H,6-8H2. The van der Waals surface area contributed by atoms with Gasteiger partial charge in [0.25, 0.3) is 5.91 Å². The van der Waals surface area contributed by atoms with Gasteiger partial charge < -0.3 is 15.0 Å². The smallest absolute Gasteiger partial charge is 0.253 e. The molecule has 0 saturated carbocycles. The van der Waals surface area contributed by atoms with Crippen molar-refractivity contribution in [3.63, 3.8) is 0 Å². The number of aldehydes is 1. The zero-order valence-electron chi connectivity index (χ0n) is 8.93. The van der Waals surface area contributed by atoms with E-state index in [1.54, 1.807) is 17.0 Å². The molecule has 0 radical (unpaired) electrons. The lowest BCUT2D eigenvalue weighted by molar-refractivity contribution is -0.110. The lowest BCUT2D eigenvalue weighted by Crippen LogP contribution is -2.53. The van der Waals surface area contributed by atoms with Crippen LogP contribution >= 0.6 is 0 Å². The number of amides is 1. The first-order valence-electron chi connectivity index (χ1n) is 5.34. The van der Waals surface area contributed by atoms with E-state index in [1.165, 1.54) is 0 Å². The molecule has 1 saturated heterocycles. The molecule has 1 aromatic rings. The first kappa shape index (κ1) is 10.8. The Morgan fingerprint density at radius 1 is 1.38 bits per heavy atom. The minimum atomic E-state index is -0.235. The molecule has 1 unspecified atom stereocenters. The summed E-state index contributed by atoms with van der Waals surface area (Å²) in [6, 6.07) is 8.91. The molecule has 1 amide bonds. The number of nitrogens with zero attached hydrogens (tertiary/aromatic N) is 1. The molecule has 84 valence electrons. The maximum Gasteiger partial charge on any atom is 0.253 e. The summed E-state index contributed by atoms with van der Waals surface area (Å²) in [4.78, 5) is 24.4. The number of carbonyl (C=O) groups is 2. The molecule has 0 aromatic heterocycles. The summed E-state index contributed by atoms with van der Waals surface area (Å²) in [6.07, 6.45) is 0.852. The van der Waals surface area contributed by atoms with Crippen molar-refractivity contribution in [2.75, 3.05) is 19.6 Å². The van der Waals surface area contributed by atoms with Gasteiger partial charge in [0.15, 0.2) is 0 Å². The SMILES string of the molecule is O=CC1CN(C(=O)c2ccccc2)CCN1. The van der Waals surface area contributed by atoms with E-state index in [4.69, 9.17) is 0 Å². The number of benzene rings is 1. The maximum absolute atomic E-state index is 12.0. The average molecular weight is 218 g/mol. The highest BCUT2D eigenvalue weighted by atomic mass is 16.2. The minimum absolute atomic E-state index is 0.00560. The second-order valence-corrected chi connectivity index (χ2v) is 3.81. The topological polar surface area (TPSA) is 49.4 Å². The highest BCUT2D eigenvalue weighted by Crippen LogP contribution is 2.06. The van der Waals surface area contributed by atoms with Gasteiger partial charge in [0, 0.05) is 25.2 Å². The van der Waals surface area contributed by atoms with E-state index in [0.717, 1.165) is 6.29 Å². The molecule has 1 atom stereocenters. The van der Waals surface area contributed by atoms with Crippen molar-refractivity contribution < 1.29 is 9.59 Å². The van der Waals surface area contributed by atoms with Crippen LogP contribution in [0.2, 0.25) is 0 Å². The van der Waals surface area contributed by atoms with Gasteiger partial charge in [0.1, 0.15) is 6.29 Å². The van der Waals surface area contributed by atoms with E-state index in [9.17, 15) is 9.59 Å². The van der Waals surface area contributed by atoms with E-state index in [1.807, 2.05) is 18.2 Å². The molecule has 0 spiro atoms. The molecule has 2 rings (SSSR count). The summed E-state index contributed by atoms with van der Waals surface area (Å²) in [5.74, 6) is -0.00560. The number of carbonyl (C=O) groups excluding carboxylic acids is 2. The molecular weight excluding hydrogens is 204 g/mol. The molecule has 4 heteroatoms. The molecule has 1 heterocycles. The molecule has 4 nitrogen and oxygen atoms in total. The van der Waals surface area contributed by atoms with Gasteiger partial charge in [-0.1, -0.05) is 18.2 Å². The lowest BCUT2D eigenvalue weighted by atomic mass is 10.1. The van der Waals surface area contributed by atoms with Crippen LogP contribution in [-0.2, 0) is 4.79 Å². The van der Waals surface area contributed by atoms with Crippen LogP contribution in [0, 0.1) is 0 Å². The predicted molar refractivity (Wildman–Crippen MR) is 60.2 cm³/mol. The molecule has 1 N–H and O–H groups in total. The Kier molecular flexibility index (Phi) is 3.31. The molecule has 1 fully saturated rings. The first-order chi connectivity index (χ1) is 7.81. The van der Waals surface area contributed by atoms with Gasteiger partial charge in [-0.2, -0.15) is 0 Å². The van der Waals surface area contributed by atoms with Crippen LogP contribution in [0.25, 0.3) is 0 Å². The minimum Gasteiger partial charge on any atom is -0.335 e. The van der Waals surface area contributed by atoms with E-state index < -0.39 is 0 Å². The normalized spacial score (nSPS) is 20.5. The van der Waals surface area contributed by atoms with Gasteiger partial charge in [-0.15, -0.1) is 0 Å². The molecule has 1 aliphatic rings. The van der Waals surface area contributed by atoms with Gasteiger partial charge >= 0.3 is 0 Å². The average Bonchev–Trinajstić information content (AvgIpc) is 2.39. The summed E-state index contributed by atoms with van der Waals surface area (Å²) in [5, 5.41) is 3.04. The van der Waals surface area contributed by atoms with Gasteiger partial charge in [0.05, 0.1) is 6.04 Å². The number of hydrogen-bond donors (Lipinski definition) is 1. The Morgan fingerprint density at radius 2 is 2.12 bits per heavy atom. The zero-order chi connectivity index (χ0) is 11.4. The van der Waals surface area contributed by atoms with Crippen molar-refractivity contribution >= 4 is 12.2 Å². The Bertz CT molecular complexity index is 378. The van der Waals surface area contributed by atoms with Crippen LogP contribution < -0.4 is 5.32 Å². The summed E-state index contributed by atoms with van der Waals surface area (Å²) in [5.41, 5.74) is 0.675. The third-order valence-electron chi connectivity index (χ3n) is 2.68. The highest BCUT2D eigenvalue weighted by molar-refractivity contribution is 5.94. The van der Waals surface area contributed by atoms with Crippen molar-refractivity contribution in [2.45, 2.75) is 6.04 Å². The number of hydrogen-bond acceptors (Lipinski definition) is 3. The van der Waals surface area contributed by atoms with Crippen LogP contribution in [0.4, 0.5) is 0 Å². The van der Waals surface area contributed by atoms with Crippen LogP contribution in [0.15, 0.2) is 30.3 Å². The molecule has 0 aliphatic carbocycles. The summed E-state index contributed by atoms with van der Waals surface area (Å²) >= 11 is 0.